The average molecular weight is 830 g/mol. The third-order valence-electron chi connectivity index (χ3n) is 9.29. The van der Waals surface area contributed by atoms with Crippen molar-refractivity contribution in [3.05, 3.63) is 137 Å². The van der Waals surface area contributed by atoms with Crippen LogP contribution >= 0.6 is 0 Å². The Labute approximate surface area is 331 Å². The number of amides is 2. The Hall–Kier alpha value is -6.20. The number of rotatable bonds is 7. The van der Waals surface area contributed by atoms with Crippen molar-refractivity contribution in [1.82, 2.24) is 19.6 Å². The van der Waals surface area contributed by atoms with E-state index in [-0.39, 0.29) is 46.0 Å². The maximum absolute atomic E-state index is 11.4. The van der Waals surface area contributed by atoms with Gasteiger partial charge in [-0.15, -0.1) is 0 Å². The van der Waals surface area contributed by atoms with Gasteiger partial charge in [0.05, 0.1) is 29.4 Å². The molecule has 6 aromatic rings. The second-order valence-electron chi connectivity index (χ2n) is 12.9. The molecule has 0 saturated heterocycles. The van der Waals surface area contributed by atoms with Crippen molar-refractivity contribution in [3.8, 4) is 34.0 Å². The first kappa shape index (κ1) is 40.0. The number of aryl methyl sites for hydroxylation is 3. The molecule has 55 heavy (non-hydrogen) atoms. The predicted octanol–water partition coefficient (Wildman–Crippen LogP) is 5.39. The molecule has 4 heterocycles. The number of aliphatic imine (C=N–C) groups is 2. The third-order valence-corrected chi connectivity index (χ3v) is 9.29. The van der Waals surface area contributed by atoms with Crippen LogP contribution in [0.25, 0.3) is 22.5 Å². The molecule has 0 aliphatic carbocycles. The standard InChI is InChI=1S/C20H18N4O3.C20H18N4O2.CH3.Pd/c1-24-18(16-8-13-6-7-14(20(21)27)9-15(13)22-16)19(26)17(23-24)12-4-2-11(10-25)3-5-12;1-11-3-5-12(6-4-11)17-19(25)18(24(2)23-17)16-9-13-7-8-14(20(21)26)10-15(13)22-16;;/h2-7,9,25-26H,8,10H2,1H3,(H2,21,27);3-8,10,25H,9H2,1-2H3,(H2,21,26);1H3;/q;;-1;. The van der Waals surface area contributed by atoms with E-state index in [1.54, 1.807) is 59.9 Å². The number of fused-ring (bicyclic) bond motifs is 2. The van der Waals surface area contributed by atoms with Gasteiger partial charge in [0.25, 0.3) is 0 Å². The summed E-state index contributed by atoms with van der Waals surface area (Å²) in [6.45, 7) is 1.97. The molecule has 0 fully saturated rings. The summed E-state index contributed by atoms with van der Waals surface area (Å²) in [7, 11) is 3.54. The average Bonchev–Trinajstić information content (AvgIpc) is 3.90. The van der Waals surface area contributed by atoms with E-state index in [0.717, 1.165) is 33.4 Å². The minimum Gasteiger partial charge on any atom is -0.504 e. The van der Waals surface area contributed by atoms with Gasteiger partial charge in [0, 0.05) is 69.6 Å². The van der Waals surface area contributed by atoms with Crippen molar-refractivity contribution < 1.29 is 45.3 Å². The first-order valence-electron chi connectivity index (χ1n) is 16.7. The van der Waals surface area contributed by atoms with Crippen molar-refractivity contribution >= 4 is 34.6 Å². The Morgan fingerprint density at radius 2 is 1.07 bits per heavy atom. The Morgan fingerprint density at radius 3 is 1.45 bits per heavy atom. The zero-order valence-corrected chi connectivity index (χ0v) is 32.1. The van der Waals surface area contributed by atoms with E-state index >= 15 is 0 Å². The molecule has 284 valence electrons. The Bertz CT molecular complexity index is 2500. The molecule has 0 radical (unpaired) electrons. The molecule has 0 atom stereocenters. The van der Waals surface area contributed by atoms with E-state index in [4.69, 9.17) is 11.5 Å². The number of benzene rings is 4. The summed E-state index contributed by atoms with van der Waals surface area (Å²) < 4.78 is 3.24. The number of hydrogen-bond acceptors (Lipinski definition) is 9. The number of carbonyl (C=O) groups excluding carboxylic acids is 2. The van der Waals surface area contributed by atoms with Crippen molar-refractivity contribution in [3.63, 3.8) is 0 Å². The smallest absolute Gasteiger partial charge is 0.248 e. The number of aliphatic hydroxyl groups is 1. The molecule has 8 rings (SSSR count). The third kappa shape index (κ3) is 7.74. The summed E-state index contributed by atoms with van der Waals surface area (Å²) in [5.74, 6) is -0.825. The summed E-state index contributed by atoms with van der Waals surface area (Å²) in [4.78, 5) is 31.9. The van der Waals surface area contributed by atoms with Crippen LogP contribution in [0.4, 0.5) is 11.4 Å². The predicted molar refractivity (Wildman–Crippen MR) is 207 cm³/mol. The summed E-state index contributed by atoms with van der Waals surface area (Å²) in [6.07, 6.45) is 1.10. The topological polar surface area (TPSA) is 207 Å². The largest absolute Gasteiger partial charge is 0.504 e. The molecular weight excluding hydrogens is 791 g/mol. The molecule has 2 aliphatic rings. The molecule has 0 bridgehead atoms. The summed E-state index contributed by atoms with van der Waals surface area (Å²) in [5, 5.41) is 39.6. The fraction of sp³-hybridized carbons (Fsp3) is 0.146. The van der Waals surface area contributed by atoms with Crippen molar-refractivity contribution in [2.24, 2.45) is 35.5 Å². The SMILES string of the molecule is Cc1ccc(-c2nn(C)c(C3=Nc4cc(C(N)=O)ccc4C3)c2O)cc1.Cn1nc(-c2ccc(CO)cc2)c(O)c1C1=Nc2cc(C(N)=O)ccc2C1.[CH3-].[Pd]. The second kappa shape index (κ2) is 16.0. The molecule has 0 saturated carbocycles. The summed E-state index contributed by atoms with van der Waals surface area (Å²) in [5.41, 5.74) is 21.8. The van der Waals surface area contributed by atoms with E-state index in [2.05, 4.69) is 20.2 Å². The van der Waals surface area contributed by atoms with E-state index in [1.807, 2.05) is 55.5 Å². The molecule has 4 aromatic carbocycles. The van der Waals surface area contributed by atoms with Crippen molar-refractivity contribution in [2.45, 2.75) is 26.4 Å². The number of carbonyl (C=O) groups is 2. The van der Waals surface area contributed by atoms with Gasteiger partial charge in [-0.1, -0.05) is 66.2 Å². The van der Waals surface area contributed by atoms with Crippen LogP contribution in [0.1, 0.15) is 54.4 Å². The van der Waals surface area contributed by atoms with Gasteiger partial charge in [-0.3, -0.25) is 28.9 Å². The zero-order chi connectivity index (χ0) is 37.6. The number of aromatic hydroxyl groups is 2. The molecule has 14 heteroatoms. The summed E-state index contributed by atoms with van der Waals surface area (Å²) >= 11 is 0. The number of aromatic nitrogens is 4. The van der Waals surface area contributed by atoms with Crippen LogP contribution in [0.2, 0.25) is 0 Å². The van der Waals surface area contributed by atoms with Gasteiger partial charge in [0.2, 0.25) is 11.8 Å². The minimum atomic E-state index is -0.501. The molecule has 0 unspecified atom stereocenters. The van der Waals surface area contributed by atoms with Crippen molar-refractivity contribution in [1.29, 1.82) is 0 Å². The van der Waals surface area contributed by atoms with Gasteiger partial charge < -0.3 is 34.2 Å². The van der Waals surface area contributed by atoms with Crippen LogP contribution in [0.15, 0.2) is 94.9 Å². The van der Waals surface area contributed by atoms with Crippen LogP contribution in [0.3, 0.4) is 0 Å². The number of nitrogens with zero attached hydrogens (tertiary/aromatic N) is 6. The fourth-order valence-corrected chi connectivity index (χ4v) is 6.49. The van der Waals surface area contributed by atoms with Gasteiger partial charge in [-0.05, 0) is 47.9 Å². The van der Waals surface area contributed by atoms with Crippen LogP contribution in [0.5, 0.6) is 11.5 Å². The maximum atomic E-state index is 11.4. The Balaban J connectivity index is 0.000000204. The van der Waals surface area contributed by atoms with Gasteiger partial charge in [-0.2, -0.15) is 10.2 Å². The Morgan fingerprint density at radius 1 is 0.673 bits per heavy atom. The monoisotopic (exact) mass is 829 g/mol. The molecule has 13 nitrogen and oxygen atoms in total. The number of nitrogens with two attached hydrogens (primary N) is 2. The quantitative estimate of drug-likeness (QED) is 0.105. The van der Waals surface area contributed by atoms with Crippen LogP contribution in [-0.2, 0) is 54.0 Å². The van der Waals surface area contributed by atoms with Gasteiger partial charge in [0.15, 0.2) is 11.5 Å². The second-order valence-corrected chi connectivity index (χ2v) is 12.9. The molecule has 2 aromatic heterocycles. The minimum absolute atomic E-state index is 0. The molecule has 2 amide bonds. The summed E-state index contributed by atoms with van der Waals surface area (Å²) in [6, 6.07) is 25.4. The first-order valence-corrected chi connectivity index (χ1v) is 16.7. The molecular formula is C41H39N8O5Pd-. The fourth-order valence-electron chi connectivity index (χ4n) is 6.49. The zero-order valence-electron chi connectivity index (χ0n) is 30.5. The van der Waals surface area contributed by atoms with E-state index < -0.39 is 11.8 Å². The van der Waals surface area contributed by atoms with Crippen LogP contribution < -0.4 is 11.5 Å². The van der Waals surface area contributed by atoms with E-state index in [1.165, 1.54) is 0 Å². The maximum Gasteiger partial charge on any atom is 0.248 e. The number of hydrogen-bond donors (Lipinski definition) is 5. The molecule has 7 N–H and O–H groups in total. The number of primary amides is 2. The Kier molecular flexibility index (Phi) is 11.7. The van der Waals surface area contributed by atoms with Gasteiger partial charge >= 0.3 is 0 Å². The molecule has 2 aliphatic heterocycles. The van der Waals surface area contributed by atoms with E-state index in [0.29, 0.717) is 69.5 Å². The first-order chi connectivity index (χ1) is 25.4. The van der Waals surface area contributed by atoms with Crippen LogP contribution in [-0.4, -0.2) is 58.1 Å². The van der Waals surface area contributed by atoms with Gasteiger partial charge in [0.1, 0.15) is 22.8 Å². The normalized spacial score (nSPS) is 12.3. The molecule has 0 spiro atoms. The van der Waals surface area contributed by atoms with Gasteiger partial charge in [-0.25, -0.2) is 0 Å². The number of aliphatic hydroxyl groups excluding tert-OH is 1. The van der Waals surface area contributed by atoms with E-state index in [9.17, 15) is 24.9 Å². The van der Waals surface area contributed by atoms with Crippen LogP contribution in [0, 0.1) is 14.4 Å². The van der Waals surface area contributed by atoms with Crippen molar-refractivity contribution in [2.75, 3.05) is 0 Å².